The quantitative estimate of drug-likeness (QED) is 0.775. The zero-order valence-electron chi connectivity index (χ0n) is 12.5. The van der Waals surface area contributed by atoms with Gasteiger partial charge in [-0.1, -0.05) is 11.3 Å². The fourth-order valence-electron chi connectivity index (χ4n) is 2.25. The van der Waals surface area contributed by atoms with Gasteiger partial charge in [0.2, 0.25) is 16.0 Å². The standard InChI is InChI=1S/C13H17N5O3S/c1-9-7-10(19)18-12(14-9)22-13(15-18)16(2)8-11(20)17-3-5-21-6-4-17/h7H,3-6,8H2,1-2H3. The summed E-state index contributed by atoms with van der Waals surface area (Å²) in [4.78, 5) is 32.4. The topological polar surface area (TPSA) is 80.0 Å². The highest BCUT2D eigenvalue weighted by atomic mass is 32.1. The number of carbonyl (C=O) groups excluding carboxylic acids is 1. The van der Waals surface area contributed by atoms with E-state index in [-0.39, 0.29) is 18.0 Å². The smallest absolute Gasteiger partial charge is 0.275 e. The maximum Gasteiger partial charge on any atom is 0.275 e. The molecule has 9 heteroatoms. The Morgan fingerprint density at radius 3 is 2.91 bits per heavy atom. The van der Waals surface area contributed by atoms with E-state index in [1.165, 1.54) is 21.9 Å². The molecule has 1 aliphatic heterocycles. The summed E-state index contributed by atoms with van der Waals surface area (Å²) in [7, 11) is 1.79. The van der Waals surface area contributed by atoms with Crippen LogP contribution in [0.4, 0.5) is 5.13 Å². The van der Waals surface area contributed by atoms with Crippen LogP contribution in [0.2, 0.25) is 0 Å². The minimum Gasteiger partial charge on any atom is -0.378 e. The second-order valence-corrected chi connectivity index (χ2v) is 6.10. The molecule has 0 atom stereocenters. The van der Waals surface area contributed by atoms with Gasteiger partial charge < -0.3 is 14.5 Å². The maximum atomic E-state index is 12.2. The van der Waals surface area contributed by atoms with E-state index < -0.39 is 0 Å². The SMILES string of the molecule is Cc1cc(=O)n2nc(N(C)CC(=O)N3CCOCC3)sc2n1. The van der Waals surface area contributed by atoms with Crippen molar-refractivity contribution >= 4 is 27.3 Å². The summed E-state index contributed by atoms with van der Waals surface area (Å²) in [5.41, 5.74) is 0.449. The van der Waals surface area contributed by atoms with Crippen molar-refractivity contribution in [3.05, 3.63) is 22.1 Å². The minimum absolute atomic E-state index is 0.0292. The highest BCUT2D eigenvalue weighted by Gasteiger charge is 2.20. The number of ether oxygens (including phenoxy) is 1. The number of amides is 1. The van der Waals surface area contributed by atoms with Gasteiger partial charge in [0.25, 0.3) is 5.56 Å². The van der Waals surface area contributed by atoms with Crippen LogP contribution in [0.1, 0.15) is 5.69 Å². The lowest BCUT2D eigenvalue weighted by Gasteiger charge is -2.28. The molecule has 0 aliphatic carbocycles. The maximum absolute atomic E-state index is 12.2. The molecule has 0 spiro atoms. The molecule has 8 nitrogen and oxygen atoms in total. The van der Waals surface area contributed by atoms with Crippen molar-refractivity contribution in [2.45, 2.75) is 6.92 Å². The van der Waals surface area contributed by atoms with E-state index in [1.54, 1.807) is 23.8 Å². The number of aromatic nitrogens is 3. The van der Waals surface area contributed by atoms with Crippen LogP contribution < -0.4 is 10.5 Å². The molecule has 1 aliphatic rings. The summed E-state index contributed by atoms with van der Waals surface area (Å²) in [6.45, 7) is 4.38. The van der Waals surface area contributed by atoms with Crippen LogP contribution in [-0.4, -0.2) is 65.3 Å². The third-order valence-electron chi connectivity index (χ3n) is 3.43. The molecule has 0 aromatic carbocycles. The van der Waals surface area contributed by atoms with E-state index in [1.807, 2.05) is 0 Å². The van der Waals surface area contributed by atoms with E-state index >= 15 is 0 Å². The zero-order valence-corrected chi connectivity index (χ0v) is 13.3. The Morgan fingerprint density at radius 1 is 1.45 bits per heavy atom. The average molecular weight is 323 g/mol. The Balaban J connectivity index is 1.77. The molecule has 2 aromatic rings. The lowest BCUT2D eigenvalue weighted by atomic mass is 10.4. The molecule has 0 radical (unpaired) electrons. The van der Waals surface area contributed by atoms with Crippen LogP contribution in [0.25, 0.3) is 4.96 Å². The number of anilines is 1. The number of morpholine rings is 1. The number of hydrogen-bond donors (Lipinski definition) is 0. The van der Waals surface area contributed by atoms with Gasteiger partial charge in [-0.15, -0.1) is 5.10 Å². The lowest BCUT2D eigenvalue weighted by molar-refractivity contribution is -0.133. The third kappa shape index (κ3) is 2.95. The normalized spacial score (nSPS) is 15.3. The Hall–Kier alpha value is -2.00. The van der Waals surface area contributed by atoms with Crippen LogP contribution in [-0.2, 0) is 9.53 Å². The van der Waals surface area contributed by atoms with Gasteiger partial charge in [0.15, 0.2) is 0 Å². The number of hydrogen-bond acceptors (Lipinski definition) is 7. The van der Waals surface area contributed by atoms with E-state index in [0.717, 1.165) is 0 Å². The van der Waals surface area contributed by atoms with Gasteiger partial charge in [-0.2, -0.15) is 4.52 Å². The molecule has 1 saturated heterocycles. The van der Waals surface area contributed by atoms with E-state index in [4.69, 9.17) is 4.74 Å². The molecule has 118 valence electrons. The number of aryl methyl sites for hydroxylation is 1. The van der Waals surface area contributed by atoms with Crippen molar-refractivity contribution in [1.82, 2.24) is 19.5 Å². The molecular weight excluding hydrogens is 306 g/mol. The molecule has 0 bridgehead atoms. The first kappa shape index (κ1) is 14.9. The summed E-state index contributed by atoms with van der Waals surface area (Å²) in [5.74, 6) is 0.0292. The van der Waals surface area contributed by atoms with Crippen molar-refractivity contribution in [2.24, 2.45) is 0 Å². The fourth-order valence-corrected chi connectivity index (χ4v) is 3.16. The molecule has 22 heavy (non-hydrogen) atoms. The fraction of sp³-hybridized carbons (Fsp3) is 0.538. The third-order valence-corrected chi connectivity index (χ3v) is 4.45. The van der Waals surface area contributed by atoms with E-state index in [0.29, 0.717) is 42.1 Å². The Morgan fingerprint density at radius 2 is 2.18 bits per heavy atom. The van der Waals surface area contributed by atoms with Gasteiger partial charge in [0.1, 0.15) is 0 Å². The van der Waals surface area contributed by atoms with Crippen LogP contribution in [0.5, 0.6) is 0 Å². The lowest BCUT2D eigenvalue weighted by Crippen LogP contribution is -2.45. The van der Waals surface area contributed by atoms with Crippen molar-refractivity contribution in [3.8, 4) is 0 Å². The summed E-state index contributed by atoms with van der Waals surface area (Å²) < 4.78 is 6.51. The largest absolute Gasteiger partial charge is 0.378 e. The molecule has 3 rings (SSSR count). The van der Waals surface area contributed by atoms with Crippen molar-refractivity contribution in [1.29, 1.82) is 0 Å². The van der Waals surface area contributed by atoms with E-state index in [2.05, 4.69) is 10.1 Å². The Labute approximate surface area is 130 Å². The molecule has 0 saturated carbocycles. The molecule has 1 amide bonds. The van der Waals surface area contributed by atoms with Gasteiger partial charge in [-0.05, 0) is 6.92 Å². The molecule has 0 unspecified atom stereocenters. The van der Waals surface area contributed by atoms with Gasteiger partial charge in [0, 0.05) is 31.9 Å². The Bertz CT molecular complexity index is 750. The highest BCUT2D eigenvalue weighted by Crippen LogP contribution is 2.20. The zero-order chi connectivity index (χ0) is 15.7. The van der Waals surface area contributed by atoms with Gasteiger partial charge in [-0.3, -0.25) is 9.59 Å². The predicted molar refractivity (Wildman–Crippen MR) is 82.5 cm³/mol. The summed E-state index contributed by atoms with van der Waals surface area (Å²) in [5, 5.41) is 4.84. The average Bonchev–Trinajstić information content (AvgIpc) is 2.92. The first-order valence-corrected chi connectivity index (χ1v) is 7.80. The van der Waals surface area contributed by atoms with Gasteiger partial charge >= 0.3 is 0 Å². The van der Waals surface area contributed by atoms with Crippen LogP contribution >= 0.6 is 11.3 Å². The second kappa shape index (κ2) is 6.01. The highest BCUT2D eigenvalue weighted by molar-refractivity contribution is 7.20. The summed E-state index contributed by atoms with van der Waals surface area (Å²) in [6, 6.07) is 1.44. The first-order valence-electron chi connectivity index (χ1n) is 6.99. The van der Waals surface area contributed by atoms with Crippen molar-refractivity contribution in [3.63, 3.8) is 0 Å². The van der Waals surface area contributed by atoms with Crippen molar-refractivity contribution in [2.75, 3.05) is 44.8 Å². The van der Waals surface area contributed by atoms with Gasteiger partial charge in [0.05, 0.1) is 19.8 Å². The van der Waals surface area contributed by atoms with Crippen molar-refractivity contribution < 1.29 is 9.53 Å². The first-order chi connectivity index (χ1) is 10.5. The minimum atomic E-state index is -0.210. The van der Waals surface area contributed by atoms with Crippen LogP contribution in [0.15, 0.2) is 10.9 Å². The molecule has 2 aromatic heterocycles. The van der Waals surface area contributed by atoms with Crippen LogP contribution in [0.3, 0.4) is 0 Å². The monoisotopic (exact) mass is 323 g/mol. The summed E-state index contributed by atoms with van der Waals surface area (Å²) >= 11 is 1.29. The molecule has 3 heterocycles. The molecular formula is C13H17N5O3S. The van der Waals surface area contributed by atoms with Crippen LogP contribution in [0, 0.1) is 6.92 Å². The molecule has 0 N–H and O–H groups in total. The molecule has 1 fully saturated rings. The number of likely N-dealkylation sites (N-methyl/N-ethyl adjacent to an activating group) is 1. The number of carbonyl (C=O) groups is 1. The number of nitrogens with zero attached hydrogens (tertiary/aromatic N) is 5. The van der Waals surface area contributed by atoms with E-state index in [9.17, 15) is 9.59 Å². The number of fused-ring (bicyclic) bond motifs is 1. The number of rotatable bonds is 3. The Kier molecular flexibility index (Phi) is 4.08. The summed E-state index contributed by atoms with van der Waals surface area (Å²) in [6.07, 6.45) is 0. The van der Waals surface area contributed by atoms with Gasteiger partial charge in [-0.25, -0.2) is 4.98 Å². The predicted octanol–water partition coefficient (Wildman–Crippen LogP) is -0.246. The second-order valence-electron chi connectivity index (χ2n) is 5.16.